The molecule has 2 aromatic heterocycles. The van der Waals surface area contributed by atoms with E-state index in [-0.39, 0.29) is 6.04 Å². The zero-order chi connectivity index (χ0) is 18.1. The zero-order valence-electron chi connectivity index (χ0n) is 14.4. The van der Waals surface area contributed by atoms with Gasteiger partial charge in [-0.3, -0.25) is 4.90 Å². The van der Waals surface area contributed by atoms with Crippen molar-refractivity contribution in [3.8, 4) is 11.4 Å². The summed E-state index contributed by atoms with van der Waals surface area (Å²) in [5.41, 5.74) is 1.92. The van der Waals surface area contributed by atoms with Crippen LogP contribution in [0.4, 0.5) is 0 Å². The highest BCUT2D eigenvalue weighted by molar-refractivity contribution is 7.18. The molecule has 2 aromatic carbocycles. The van der Waals surface area contributed by atoms with Gasteiger partial charge in [0.1, 0.15) is 5.01 Å². The van der Waals surface area contributed by atoms with Crippen LogP contribution < -0.4 is 0 Å². The first-order chi connectivity index (χ1) is 12.6. The number of thiazole rings is 1. The first-order valence-electron chi connectivity index (χ1n) is 8.24. The van der Waals surface area contributed by atoms with Crippen molar-refractivity contribution in [1.29, 1.82) is 0 Å². The summed E-state index contributed by atoms with van der Waals surface area (Å²) in [7, 11) is 2.03. The molecule has 0 unspecified atom stereocenters. The van der Waals surface area contributed by atoms with Gasteiger partial charge < -0.3 is 4.52 Å². The van der Waals surface area contributed by atoms with Crippen LogP contribution in [0.5, 0.6) is 0 Å². The molecule has 0 radical (unpaired) electrons. The molecule has 0 bridgehead atoms. The van der Waals surface area contributed by atoms with E-state index in [2.05, 4.69) is 28.0 Å². The summed E-state index contributed by atoms with van der Waals surface area (Å²) in [6.07, 6.45) is 0. The fourth-order valence-corrected chi connectivity index (χ4v) is 3.85. The lowest BCUT2D eigenvalue weighted by molar-refractivity contribution is 0.216. The van der Waals surface area contributed by atoms with E-state index in [4.69, 9.17) is 21.1 Å². The molecule has 2 heterocycles. The maximum Gasteiger partial charge on any atom is 0.241 e. The molecule has 0 amide bonds. The van der Waals surface area contributed by atoms with Crippen LogP contribution in [-0.4, -0.2) is 27.1 Å². The molecule has 5 nitrogen and oxygen atoms in total. The molecule has 7 heteroatoms. The Morgan fingerprint density at radius 2 is 1.88 bits per heavy atom. The van der Waals surface area contributed by atoms with Crippen molar-refractivity contribution in [3.05, 3.63) is 64.5 Å². The second kappa shape index (κ2) is 7.15. The van der Waals surface area contributed by atoms with Crippen molar-refractivity contribution in [2.75, 3.05) is 7.05 Å². The summed E-state index contributed by atoms with van der Waals surface area (Å²) in [5, 5.41) is 5.82. The Kier molecular flexibility index (Phi) is 4.72. The van der Waals surface area contributed by atoms with Gasteiger partial charge in [-0.15, -0.1) is 11.3 Å². The average Bonchev–Trinajstić information content (AvgIpc) is 3.28. The van der Waals surface area contributed by atoms with Gasteiger partial charge in [0.15, 0.2) is 0 Å². The van der Waals surface area contributed by atoms with Gasteiger partial charge in [0.25, 0.3) is 0 Å². The Balaban J connectivity index is 1.49. The van der Waals surface area contributed by atoms with Gasteiger partial charge in [-0.2, -0.15) is 4.98 Å². The molecule has 132 valence electrons. The lowest BCUT2D eigenvalue weighted by Gasteiger charge is -2.20. The molecule has 4 rings (SSSR count). The maximum absolute atomic E-state index is 5.92. The van der Waals surface area contributed by atoms with Gasteiger partial charge in [-0.05, 0) is 50.4 Å². The number of nitrogens with zero attached hydrogens (tertiary/aromatic N) is 4. The van der Waals surface area contributed by atoms with E-state index >= 15 is 0 Å². The number of aromatic nitrogens is 3. The van der Waals surface area contributed by atoms with E-state index in [0.717, 1.165) is 16.1 Å². The second-order valence-electron chi connectivity index (χ2n) is 6.13. The largest absolute Gasteiger partial charge is 0.338 e. The van der Waals surface area contributed by atoms with E-state index < -0.39 is 0 Å². The molecule has 0 N–H and O–H groups in total. The van der Waals surface area contributed by atoms with Crippen molar-refractivity contribution in [1.82, 2.24) is 20.0 Å². The molecule has 4 aromatic rings. The lowest BCUT2D eigenvalue weighted by Crippen LogP contribution is -2.22. The minimum absolute atomic E-state index is 0.151. The van der Waals surface area contributed by atoms with Crippen LogP contribution in [0.3, 0.4) is 0 Å². The van der Waals surface area contributed by atoms with E-state index in [0.29, 0.717) is 23.3 Å². The second-order valence-corrected chi connectivity index (χ2v) is 7.63. The summed E-state index contributed by atoms with van der Waals surface area (Å²) in [6.45, 7) is 2.69. The molecule has 0 aliphatic carbocycles. The van der Waals surface area contributed by atoms with Gasteiger partial charge >= 0.3 is 0 Å². The number of hydrogen-bond donors (Lipinski definition) is 0. The van der Waals surface area contributed by atoms with Crippen LogP contribution in [0.1, 0.15) is 23.9 Å². The molecule has 0 saturated carbocycles. The Morgan fingerprint density at radius 3 is 2.65 bits per heavy atom. The molecule has 0 fully saturated rings. The number of fused-ring (bicyclic) bond motifs is 1. The van der Waals surface area contributed by atoms with E-state index in [9.17, 15) is 0 Å². The van der Waals surface area contributed by atoms with Gasteiger partial charge in [-0.1, -0.05) is 28.9 Å². The van der Waals surface area contributed by atoms with E-state index in [1.54, 1.807) is 11.3 Å². The quantitative estimate of drug-likeness (QED) is 0.473. The van der Waals surface area contributed by atoms with Crippen LogP contribution in [0.15, 0.2) is 53.1 Å². The number of halogens is 1. The van der Waals surface area contributed by atoms with Crippen LogP contribution in [-0.2, 0) is 6.54 Å². The van der Waals surface area contributed by atoms with Gasteiger partial charge in [0.2, 0.25) is 11.7 Å². The van der Waals surface area contributed by atoms with Crippen LogP contribution in [0.25, 0.3) is 21.6 Å². The van der Waals surface area contributed by atoms with Crippen molar-refractivity contribution in [2.24, 2.45) is 0 Å². The third-order valence-electron chi connectivity index (χ3n) is 4.28. The first kappa shape index (κ1) is 17.1. The molecule has 0 aliphatic heterocycles. The molecular weight excluding hydrogens is 368 g/mol. The summed E-state index contributed by atoms with van der Waals surface area (Å²) in [5.74, 6) is 1.14. The molecule has 26 heavy (non-hydrogen) atoms. The van der Waals surface area contributed by atoms with E-state index in [1.165, 1.54) is 4.70 Å². The van der Waals surface area contributed by atoms with Crippen LogP contribution in [0, 0.1) is 0 Å². The Morgan fingerprint density at radius 1 is 1.12 bits per heavy atom. The van der Waals surface area contributed by atoms with Gasteiger partial charge in [0, 0.05) is 10.6 Å². The topological polar surface area (TPSA) is 55.1 Å². The average molecular weight is 385 g/mol. The third-order valence-corrected chi connectivity index (χ3v) is 5.74. The highest BCUT2D eigenvalue weighted by Crippen LogP contribution is 2.29. The maximum atomic E-state index is 5.92. The molecule has 0 spiro atoms. The molecular formula is C19H17ClN4OS. The molecule has 1 atom stereocenters. The summed E-state index contributed by atoms with van der Waals surface area (Å²) in [6, 6.07) is 15.7. The standard InChI is InChI=1S/C19H17ClN4OS/c1-12(19-21-15-5-3-4-6-16(15)26-19)24(2)11-17-22-18(23-25-17)13-7-9-14(20)10-8-13/h3-10,12H,11H2,1-2H3/t12-/m1/s1. The first-order valence-corrected chi connectivity index (χ1v) is 9.44. The number of rotatable bonds is 5. The van der Waals surface area contributed by atoms with Crippen LogP contribution >= 0.6 is 22.9 Å². The fourth-order valence-electron chi connectivity index (χ4n) is 2.64. The van der Waals surface area contributed by atoms with Gasteiger partial charge in [0.05, 0.1) is 22.8 Å². The predicted octanol–water partition coefficient (Wildman–Crippen LogP) is 5.19. The number of benzene rings is 2. The smallest absolute Gasteiger partial charge is 0.241 e. The predicted molar refractivity (Wildman–Crippen MR) is 104 cm³/mol. The van der Waals surface area contributed by atoms with Gasteiger partial charge in [-0.25, -0.2) is 4.98 Å². The Hall–Kier alpha value is -2.28. The number of hydrogen-bond acceptors (Lipinski definition) is 6. The minimum atomic E-state index is 0.151. The Bertz CT molecular complexity index is 994. The third kappa shape index (κ3) is 3.49. The molecule has 0 saturated heterocycles. The fraction of sp³-hybridized carbons (Fsp3) is 0.211. The van der Waals surface area contributed by atoms with Crippen LogP contribution in [0.2, 0.25) is 5.02 Å². The van der Waals surface area contributed by atoms with Crippen molar-refractivity contribution in [2.45, 2.75) is 19.5 Å². The van der Waals surface area contributed by atoms with E-state index in [1.807, 2.05) is 49.5 Å². The monoisotopic (exact) mass is 384 g/mol. The summed E-state index contributed by atoms with van der Waals surface area (Å²) in [4.78, 5) is 11.4. The SMILES string of the molecule is C[C@H](c1nc2ccccc2s1)N(C)Cc1nc(-c2ccc(Cl)cc2)no1. The zero-order valence-corrected chi connectivity index (χ0v) is 16.0. The Labute approximate surface area is 160 Å². The molecule has 0 aliphatic rings. The highest BCUT2D eigenvalue weighted by atomic mass is 35.5. The van der Waals surface area contributed by atoms with Crippen molar-refractivity contribution in [3.63, 3.8) is 0 Å². The number of para-hydroxylation sites is 1. The highest BCUT2D eigenvalue weighted by Gasteiger charge is 2.19. The normalized spacial score (nSPS) is 12.8. The minimum Gasteiger partial charge on any atom is -0.338 e. The lowest BCUT2D eigenvalue weighted by atomic mass is 10.2. The van der Waals surface area contributed by atoms with Crippen molar-refractivity contribution >= 4 is 33.2 Å². The van der Waals surface area contributed by atoms with Crippen molar-refractivity contribution < 1.29 is 4.52 Å². The summed E-state index contributed by atoms with van der Waals surface area (Å²) >= 11 is 7.64. The summed E-state index contributed by atoms with van der Waals surface area (Å²) < 4.78 is 6.61.